The summed E-state index contributed by atoms with van der Waals surface area (Å²) in [5.74, 6) is -0.962. The number of hydrogen-bond acceptors (Lipinski definition) is 4. The maximum atomic E-state index is 13.8. The number of halogens is 1. The molecule has 1 aromatic rings. The van der Waals surface area contributed by atoms with Crippen LogP contribution in [0.3, 0.4) is 0 Å². The van der Waals surface area contributed by atoms with Crippen LogP contribution in [0.15, 0.2) is 12.1 Å². The number of hydrogen-bond donors (Lipinski definition) is 4. The number of nitrogen functional groups attached to an aromatic ring is 1. The fraction of sp³-hybridized carbons (Fsp3) is 0.364. The quantitative estimate of drug-likeness (QED) is 0.439. The predicted molar refractivity (Wildman–Crippen MR) is 64.2 cm³/mol. The van der Waals surface area contributed by atoms with Gasteiger partial charge in [0.2, 0.25) is 0 Å². The average Bonchev–Trinajstić information content (AvgIpc) is 2.32. The molecule has 0 unspecified atom stereocenters. The number of anilines is 1. The van der Waals surface area contributed by atoms with Gasteiger partial charge in [-0.25, -0.2) is 4.39 Å². The normalized spacial score (nSPS) is 15.9. The largest absolute Gasteiger partial charge is 0.507 e. The molecule has 1 aliphatic rings. The van der Waals surface area contributed by atoms with Gasteiger partial charge in [-0.1, -0.05) is 0 Å². The molecule has 0 atom stereocenters. The Kier molecular flexibility index (Phi) is 3.14. The predicted octanol–water partition coefficient (Wildman–Crippen LogP) is 0.225. The zero-order valence-electron chi connectivity index (χ0n) is 9.33. The molecule has 1 aromatic carbocycles. The van der Waals surface area contributed by atoms with Gasteiger partial charge in [0, 0.05) is 32.2 Å². The number of nitrogens with two attached hydrogens (primary N) is 1. The minimum Gasteiger partial charge on any atom is -0.507 e. The van der Waals surface area contributed by atoms with Gasteiger partial charge in [-0.15, -0.1) is 0 Å². The summed E-state index contributed by atoms with van der Waals surface area (Å²) < 4.78 is 13.8. The van der Waals surface area contributed by atoms with Gasteiger partial charge in [0.25, 0.3) is 0 Å². The van der Waals surface area contributed by atoms with Crippen molar-refractivity contribution in [3.63, 3.8) is 0 Å². The van der Waals surface area contributed by atoms with Crippen LogP contribution < -0.4 is 16.0 Å². The smallest absolute Gasteiger partial charge is 0.147 e. The van der Waals surface area contributed by atoms with Crippen molar-refractivity contribution in [1.82, 2.24) is 5.32 Å². The van der Waals surface area contributed by atoms with Crippen LogP contribution in [0, 0.1) is 11.2 Å². The third-order valence-electron chi connectivity index (χ3n) is 2.81. The Balaban J connectivity index is 2.35. The maximum Gasteiger partial charge on any atom is 0.147 e. The van der Waals surface area contributed by atoms with Gasteiger partial charge < -0.3 is 21.1 Å². The number of nitrogens with one attached hydrogen (secondary N) is 2. The zero-order valence-corrected chi connectivity index (χ0v) is 9.33. The summed E-state index contributed by atoms with van der Waals surface area (Å²) in [5, 5.41) is 20.1. The Morgan fingerprint density at radius 2 is 2.06 bits per heavy atom. The lowest BCUT2D eigenvalue weighted by molar-refractivity contribution is 0.470. The SMILES string of the molecule is N=C(N)c1cc(F)c(N2CCNCC2)cc1O. The molecule has 0 aliphatic carbocycles. The summed E-state index contributed by atoms with van der Waals surface area (Å²) in [7, 11) is 0. The van der Waals surface area contributed by atoms with Gasteiger partial charge in [0.1, 0.15) is 17.4 Å². The highest BCUT2D eigenvalue weighted by molar-refractivity contribution is 5.98. The molecular weight excluding hydrogens is 223 g/mol. The van der Waals surface area contributed by atoms with Gasteiger partial charge >= 0.3 is 0 Å². The number of piperazine rings is 1. The summed E-state index contributed by atoms with van der Waals surface area (Å²) in [6.45, 7) is 2.95. The van der Waals surface area contributed by atoms with E-state index in [1.54, 1.807) is 0 Å². The van der Waals surface area contributed by atoms with E-state index in [1.165, 1.54) is 6.07 Å². The Bertz CT molecular complexity index is 443. The minimum atomic E-state index is -0.463. The van der Waals surface area contributed by atoms with Crippen molar-refractivity contribution in [3.05, 3.63) is 23.5 Å². The van der Waals surface area contributed by atoms with E-state index in [-0.39, 0.29) is 17.1 Å². The maximum absolute atomic E-state index is 13.8. The molecule has 0 aromatic heterocycles. The Labute approximate surface area is 98.5 Å². The molecule has 1 fully saturated rings. The molecular formula is C11H15FN4O. The highest BCUT2D eigenvalue weighted by Gasteiger charge is 2.17. The van der Waals surface area contributed by atoms with E-state index in [1.807, 2.05) is 4.90 Å². The molecule has 0 spiro atoms. The van der Waals surface area contributed by atoms with Gasteiger partial charge in [0.15, 0.2) is 0 Å². The highest BCUT2D eigenvalue weighted by atomic mass is 19.1. The van der Waals surface area contributed by atoms with Gasteiger partial charge in [0.05, 0.1) is 11.3 Å². The Morgan fingerprint density at radius 3 is 2.65 bits per heavy atom. The first kappa shape index (κ1) is 11.7. The van der Waals surface area contributed by atoms with Crippen LogP contribution in [-0.2, 0) is 0 Å². The number of benzene rings is 1. The van der Waals surface area contributed by atoms with E-state index in [4.69, 9.17) is 11.1 Å². The Morgan fingerprint density at radius 1 is 1.41 bits per heavy atom. The van der Waals surface area contributed by atoms with Crippen molar-refractivity contribution in [2.75, 3.05) is 31.1 Å². The minimum absolute atomic E-state index is 0.0291. The molecule has 1 saturated heterocycles. The molecule has 2 rings (SSSR count). The lowest BCUT2D eigenvalue weighted by Crippen LogP contribution is -2.43. The van der Waals surface area contributed by atoms with Gasteiger partial charge in [-0.3, -0.25) is 5.41 Å². The third kappa shape index (κ3) is 2.31. The second-order valence-electron chi connectivity index (χ2n) is 3.97. The standard InChI is InChI=1S/C11H15FN4O/c12-8-5-7(11(13)14)10(17)6-9(8)16-3-1-15-2-4-16/h5-6,15,17H,1-4H2,(H3,13,14). The van der Waals surface area contributed by atoms with Crippen LogP contribution in [0.2, 0.25) is 0 Å². The van der Waals surface area contributed by atoms with Crippen LogP contribution in [0.4, 0.5) is 10.1 Å². The fourth-order valence-electron chi connectivity index (χ4n) is 1.91. The molecule has 0 bridgehead atoms. The molecule has 0 amide bonds. The Hall–Kier alpha value is -1.82. The third-order valence-corrected chi connectivity index (χ3v) is 2.81. The molecule has 17 heavy (non-hydrogen) atoms. The zero-order chi connectivity index (χ0) is 12.4. The second-order valence-corrected chi connectivity index (χ2v) is 3.97. The number of amidine groups is 1. The van der Waals surface area contributed by atoms with Crippen LogP contribution in [0.25, 0.3) is 0 Å². The molecule has 0 saturated carbocycles. The fourth-order valence-corrected chi connectivity index (χ4v) is 1.91. The number of aromatic hydroxyl groups is 1. The van der Waals surface area contributed by atoms with E-state index in [0.717, 1.165) is 19.2 Å². The first-order valence-corrected chi connectivity index (χ1v) is 5.42. The van der Waals surface area contributed by atoms with E-state index in [9.17, 15) is 9.50 Å². The lowest BCUT2D eigenvalue weighted by Gasteiger charge is -2.30. The molecule has 5 nitrogen and oxygen atoms in total. The van der Waals surface area contributed by atoms with Gasteiger partial charge in [-0.05, 0) is 6.07 Å². The summed E-state index contributed by atoms with van der Waals surface area (Å²) in [5.41, 5.74) is 5.63. The molecule has 6 heteroatoms. The number of nitrogens with zero attached hydrogens (tertiary/aromatic N) is 1. The van der Waals surface area contributed by atoms with Crippen molar-refractivity contribution in [2.45, 2.75) is 0 Å². The van der Waals surface area contributed by atoms with Crippen LogP contribution in [0.5, 0.6) is 5.75 Å². The van der Waals surface area contributed by atoms with Crippen LogP contribution in [-0.4, -0.2) is 37.1 Å². The van der Waals surface area contributed by atoms with E-state index in [2.05, 4.69) is 5.32 Å². The number of phenols is 1. The topological polar surface area (TPSA) is 85.4 Å². The molecule has 0 radical (unpaired) electrons. The lowest BCUT2D eigenvalue weighted by atomic mass is 10.1. The number of phenolic OH excluding ortho intramolecular Hbond substituents is 1. The monoisotopic (exact) mass is 238 g/mol. The van der Waals surface area contributed by atoms with Crippen molar-refractivity contribution < 1.29 is 9.50 Å². The first-order chi connectivity index (χ1) is 8.09. The molecule has 92 valence electrons. The van der Waals surface area contributed by atoms with E-state index < -0.39 is 5.82 Å². The molecule has 1 heterocycles. The van der Waals surface area contributed by atoms with Crippen LogP contribution >= 0.6 is 0 Å². The molecule has 5 N–H and O–H groups in total. The first-order valence-electron chi connectivity index (χ1n) is 5.42. The highest BCUT2D eigenvalue weighted by Crippen LogP contribution is 2.28. The van der Waals surface area contributed by atoms with E-state index in [0.29, 0.717) is 18.8 Å². The van der Waals surface area contributed by atoms with Crippen molar-refractivity contribution in [2.24, 2.45) is 5.73 Å². The number of rotatable bonds is 2. The summed E-state index contributed by atoms with van der Waals surface area (Å²) in [4.78, 5) is 1.86. The molecule has 1 aliphatic heterocycles. The van der Waals surface area contributed by atoms with Crippen molar-refractivity contribution in [3.8, 4) is 5.75 Å². The van der Waals surface area contributed by atoms with E-state index >= 15 is 0 Å². The summed E-state index contributed by atoms with van der Waals surface area (Å²) in [6, 6.07) is 2.44. The van der Waals surface area contributed by atoms with Crippen molar-refractivity contribution in [1.29, 1.82) is 5.41 Å². The van der Waals surface area contributed by atoms with Crippen LogP contribution in [0.1, 0.15) is 5.56 Å². The average molecular weight is 238 g/mol. The van der Waals surface area contributed by atoms with Gasteiger partial charge in [-0.2, -0.15) is 0 Å². The second kappa shape index (κ2) is 4.58. The summed E-state index contributed by atoms with van der Waals surface area (Å²) in [6.07, 6.45) is 0. The van der Waals surface area contributed by atoms with Crippen molar-refractivity contribution >= 4 is 11.5 Å². The summed E-state index contributed by atoms with van der Waals surface area (Å²) >= 11 is 0.